The number of hydrogen-bond donors (Lipinski definition) is 3. The first-order chi connectivity index (χ1) is 27.6. The highest BCUT2D eigenvalue weighted by atomic mass is 32.2. The van der Waals surface area contributed by atoms with Crippen molar-refractivity contribution in [3.8, 4) is 11.6 Å². The van der Waals surface area contributed by atoms with E-state index in [0.717, 1.165) is 18.7 Å². The van der Waals surface area contributed by atoms with Crippen LogP contribution in [0, 0.1) is 11.7 Å². The summed E-state index contributed by atoms with van der Waals surface area (Å²) in [4.78, 5) is 61.6. The van der Waals surface area contributed by atoms with Crippen molar-refractivity contribution in [2.45, 2.75) is 125 Å². The average Bonchev–Trinajstić information content (AvgIpc) is 4.06. The summed E-state index contributed by atoms with van der Waals surface area (Å²) in [6.07, 6.45) is 1.25. The summed E-state index contributed by atoms with van der Waals surface area (Å²) in [6.45, 7) is 4.21. The van der Waals surface area contributed by atoms with E-state index in [9.17, 15) is 45.2 Å². The molecule has 324 valence electrons. The molecule has 2 aliphatic carbocycles. The number of hydrogen-bond acceptors (Lipinski definition) is 11. The molecule has 2 aromatic rings. The quantitative estimate of drug-likeness (QED) is 0.229. The first-order valence-electron chi connectivity index (χ1n) is 19.3. The third kappa shape index (κ3) is 8.79. The van der Waals surface area contributed by atoms with E-state index < -0.39 is 104 Å². The minimum Gasteiger partial charge on any atom is -0.496 e. The second-order valence-electron chi connectivity index (χ2n) is 16.4. The van der Waals surface area contributed by atoms with Gasteiger partial charge in [-0.25, -0.2) is 35.8 Å². The minimum atomic E-state index is -4.49. The molecule has 3 N–H and O–H groups in total. The van der Waals surface area contributed by atoms with Crippen LogP contribution in [0.1, 0.15) is 73.1 Å². The van der Waals surface area contributed by atoms with Gasteiger partial charge in [-0.05, 0) is 71.9 Å². The van der Waals surface area contributed by atoms with Gasteiger partial charge in [0.15, 0.2) is 5.60 Å². The summed E-state index contributed by atoms with van der Waals surface area (Å²) in [5, 5.41) is 5.70. The van der Waals surface area contributed by atoms with Crippen molar-refractivity contribution in [3.05, 3.63) is 42.4 Å². The zero-order chi connectivity index (χ0) is 43.3. The van der Waals surface area contributed by atoms with Crippen molar-refractivity contribution in [1.29, 1.82) is 0 Å². The van der Waals surface area contributed by atoms with Gasteiger partial charge in [-0.1, -0.05) is 12.2 Å². The lowest BCUT2D eigenvalue weighted by Gasteiger charge is -2.35. The Balaban J connectivity index is 1.37. The number of aromatic nitrogens is 1. The second-order valence-corrected chi connectivity index (χ2v) is 18.5. The van der Waals surface area contributed by atoms with E-state index in [0.29, 0.717) is 25.2 Å². The number of carbonyl (C=O) groups is 4. The number of amides is 4. The SMILES string of the molecule is COc1cc(F)cc2c(OC3CC4C(=O)NC5(C(=O)NS(=O)(=O)C6(CF)CC6)CC5C=CCCC(C)OC(C)C(NC(=O)OC(C)(C)C(C)(F)F)C(=O)N4C3)nccc12. The van der Waals surface area contributed by atoms with Crippen LogP contribution in [0.2, 0.25) is 0 Å². The number of methoxy groups -OCH3 is 1. The molecule has 2 saturated carbocycles. The number of fused-ring (bicyclic) bond motifs is 3. The fraction of sp³-hybridized carbons (Fsp3) is 0.615. The maximum Gasteiger partial charge on any atom is 0.408 e. The molecule has 15 nitrogen and oxygen atoms in total. The normalized spacial score (nSPS) is 28.6. The molecule has 59 heavy (non-hydrogen) atoms. The van der Waals surface area contributed by atoms with E-state index in [-0.39, 0.29) is 49.2 Å². The first-order valence-corrected chi connectivity index (χ1v) is 20.8. The number of nitrogens with one attached hydrogen (secondary N) is 3. The molecule has 3 heterocycles. The van der Waals surface area contributed by atoms with Gasteiger partial charge in [0, 0.05) is 36.9 Å². The van der Waals surface area contributed by atoms with Crippen LogP contribution in [0.4, 0.5) is 22.4 Å². The van der Waals surface area contributed by atoms with Crippen LogP contribution >= 0.6 is 0 Å². The highest BCUT2D eigenvalue weighted by Gasteiger charge is 2.64. The molecular weight excluding hydrogens is 807 g/mol. The van der Waals surface area contributed by atoms with Crippen LogP contribution in [0.5, 0.6) is 11.6 Å². The Morgan fingerprint density at radius 3 is 2.49 bits per heavy atom. The van der Waals surface area contributed by atoms with E-state index in [2.05, 4.69) is 15.6 Å². The highest BCUT2D eigenvalue weighted by molar-refractivity contribution is 7.91. The third-order valence-corrected chi connectivity index (χ3v) is 13.8. The van der Waals surface area contributed by atoms with E-state index in [1.165, 1.54) is 32.4 Å². The lowest BCUT2D eigenvalue weighted by molar-refractivity contribution is -0.153. The van der Waals surface area contributed by atoms with Crippen molar-refractivity contribution in [3.63, 3.8) is 0 Å². The van der Waals surface area contributed by atoms with Crippen molar-refractivity contribution in [2.75, 3.05) is 20.3 Å². The Hall–Kier alpha value is -4.72. The molecule has 7 atom stereocenters. The number of alkyl halides is 3. The molecule has 4 aliphatic rings. The Morgan fingerprint density at radius 2 is 1.85 bits per heavy atom. The van der Waals surface area contributed by atoms with E-state index in [1.54, 1.807) is 25.1 Å². The van der Waals surface area contributed by atoms with Crippen LogP contribution in [0.15, 0.2) is 36.5 Å². The van der Waals surface area contributed by atoms with Gasteiger partial charge in [0.1, 0.15) is 46.7 Å². The fourth-order valence-corrected chi connectivity index (χ4v) is 8.77. The number of ether oxygens (including phenoxy) is 4. The van der Waals surface area contributed by atoms with Gasteiger partial charge in [0.2, 0.25) is 27.7 Å². The van der Waals surface area contributed by atoms with Gasteiger partial charge >= 0.3 is 6.09 Å². The molecule has 1 aromatic carbocycles. The second kappa shape index (κ2) is 16.0. The molecule has 0 spiro atoms. The lowest BCUT2D eigenvalue weighted by Crippen LogP contribution is -2.61. The van der Waals surface area contributed by atoms with Gasteiger partial charge in [-0.15, -0.1) is 0 Å². The third-order valence-electron chi connectivity index (χ3n) is 11.7. The maximum absolute atomic E-state index is 14.7. The molecule has 0 bridgehead atoms. The van der Waals surface area contributed by atoms with Gasteiger partial charge in [-0.2, -0.15) is 0 Å². The van der Waals surface area contributed by atoms with Crippen molar-refractivity contribution < 1.29 is 64.1 Å². The van der Waals surface area contributed by atoms with Crippen LogP contribution < -0.4 is 24.8 Å². The lowest BCUT2D eigenvalue weighted by atomic mass is 10.0. The number of benzene rings is 1. The van der Waals surface area contributed by atoms with Crippen molar-refractivity contribution >= 4 is 44.6 Å². The smallest absolute Gasteiger partial charge is 0.408 e. The maximum atomic E-state index is 14.7. The highest BCUT2D eigenvalue weighted by Crippen LogP contribution is 2.48. The number of alkyl carbamates (subject to hydrolysis) is 1. The number of nitrogens with zero attached hydrogens (tertiary/aromatic N) is 2. The Kier molecular flexibility index (Phi) is 11.9. The predicted molar refractivity (Wildman–Crippen MR) is 203 cm³/mol. The van der Waals surface area contributed by atoms with Crippen LogP contribution in [-0.4, -0.2) is 115 Å². The minimum absolute atomic E-state index is 0.0140. The average molecular weight is 856 g/mol. The summed E-state index contributed by atoms with van der Waals surface area (Å²) in [5.41, 5.74) is -4.11. The summed E-state index contributed by atoms with van der Waals surface area (Å²) >= 11 is 0. The molecule has 0 radical (unpaired) electrons. The summed E-state index contributed by atoms with van der Waals surface area (Å²) < 4.78 is 107. The number of allylic oxidation sites excluding steroid dienone is 1. The van der Waals surface area contributed by atoms with Crippen molar-refractivity contribution in [1.82, 2.24) is 25.2 Å². The fourth-order valence-electron chi connectivity index (χ4n) is 7.35. The molecule has 6 rings (SSSR count). The molecule has 4 amide bonds. The molecular formula is C39H49F4N5O10S. The Morgan fingerprint density at radius 1 is 1.14 bits per heavy atom. The number of halogens is 4. The summed E-state index contributed by atoms with van der Waals surface area (Å²) in [6, 6.07) is 0.846. The summed E-state index contributed by atoms with van der Waals surface area (Å²) in [5.74, 6) is -7.60. The van der Waals surface area contributed by atoms with Crippen LogP contribution in [0.3, 0.4) is 0 Å². The summed E-state index contributed by atoms with van der Waals surface area (Å²) in [7, 11) is -3.13. The number of sulfonamides is 1. The topological polar surface area (TPSA) is 192 Å². The van der Waals surface area contributed by atoms with Crippen LogP contribution in [-0.2, 0) is 33.9 Å². The Labute approximate surface area is 339 Å². The molecule has 20 heteroatoms. The van der Waals surface area contributed by atoms with Crippen LogP contribution in [0.25, 0.3) is 10.8 Å². The molecule has 7 unspecified atom stereocenters. The van der Waals surface area contributed by atoms with E-state index in [1.807, 2.05) is 4.72 Å². The standard InChI is InChI=1S/C39H49F4N5O10S/c1-21-9-7-8-10-23-18-39(23,34(51)47-59(53,54)38(20-40)12-13-38)46-31(49)28-17-25(57-32-27-15-24(41)16-29(55-6)26(27)11-14-44-32)19-48(28)33(50)30(22(2)56-21)45-35(52)58-36(3,4)37(5,42)43/h8,10-11,14-16,21-23,25,28,30H,7,9,12-13,17-20H2,1-6H3,(H,45,52)(H,46,49)(H,47,51). The molecule has 1 aromatic heterocycles. The van der Waals surface area contributed by atoms with Gasteiger partial charge in [0.25, 0.3) is 11.8 Å². The number of pyridine rings is 1. The van der Waals surface area contributed by atoms with E-state index in [4.69, 9.17) is 18.9 Å². The van der Waals surface area contributed by atoms with Gasteiger partial charge < -0.3 is 34.5 Å². The number of carbonyl (C=O) groups excluding carboxylic acids is 4. The molecule has 3 fully saturated rings. The molecule has 1 saturated heterocycles. The largest absolute Gasteiger partial charge is 0.496 e. The predicted octanol–water partition coefficient (Wildman–Crippen LogP) is 4.23. The van der Waals surface area contributed by atoms with E-state index >= 15 is 0 Å². The first kappa shape index (κ1) is 43.8. The van der Waals surface area contributed by atoms with Gasteiger partial charge in [0.05, 0.1) is 31.2 Å². The monoisotopic (exact) mass is 855 g/mol. The Bertz CT molecular complexity index is 2130. The van der Waals surface area contributed by atoms with Crippen molar-refractivity contribution in [2.24, 2.45) is 5.92 Å². The zero-order valence-corrected chi connectivity index (χ0v) is 34.3. The number of rotatable bonds is 10. The molecule has 2 aliphatic heterocycles. The van der Waals surface area contributed by atoms with Gasteiger partial charge in [-0.3, -0.25) is 19.1 Å². The zero-order valence-electron chi connectivity index (χ0n) is 33.5.